The number of sulfone groups is 1. The number of allylic oxidation sites excluding steroid dienone is 2. The first-order chi connectivity index (χ1) is 37.2. The normalized spacial score (nSPS) is 40.1. The minimum absolute atomic E-state index is 0. The van der Waals surface area contributed by atoms with Crippen molar-refractivity contribution in [3.8, 4) is 0 Å². The maximum absolute atomic E-state index is 14.5. The molecule has 0 aromatic heterocycles. The summed E-state index contributed by atoms with van der Waals surface area (Å²) >= 11 is 0. The molecule has 0 amide bonds. The van der Waals surface area contributed by atoms with Crippen LogP contribution < -0.4 is 0 Å². The summed E-state index contributed by atoms with van der Waals surface area (Å²) in [6, 6.07) is 9.05. The van der Waals surface area contributed by atoms with Gasteiger partial charge in [0, 0.05) is 7.11 Å². The number of fused-ring (bicyclic) bond motifs is 10. The van der Waals surface area contributed by atoms with E-state index in [-0.39, 0.29) is 39.0 Å². The molecular formula is C74H128O7S. The van der Waals surface area contributed by atoms with Crippen molar-refractivity contribution in [1.82, 2.24) is 0 Å². The molecule has 82 heavy (non-hydrogen) atoms. The lowest BCUT2D eigenvalue weighted by Gasteiger charge is -2.55. The summed E-state index contributed by atoms with van der Waals surface area (Å²) in [5.41, 5.74) is 2.16. The lowest BCUT2D eigenvalue weighted by Crippen LogP contribution is -2.50. The Bertz CT molecular complexity index is 2390. The van der Waals surface area contributed by atoms with E-state index in [4.69, 9.17) is 5.11 Å². The highest BCUT2D eigenvalue weighted by atomic mass is 32.2. The molecule has 8 heteroatoms. The van der Waals surface area contributed by atoms with Crippen LogP contribution in [0.25, 0.3) is 0 Å². The van der Waals surface area contributed by atoms with Crippen molar-refractivity contribution in [1.29, 1.82) is 0 Å². The van der Waals surface area contributed by atoms with E-state index in [1.54, 1.807) is 17.7 Å². The van der Waals surface area contributed by atoms with Crippen LogP contribution >= 0.6 is 0 Å². The lowest BCUT2D eigenvalue weighted by atomic mass is 9.50. The molecule has 0 heterocycles. The molecule has 10 aliphatic carbocycles. The van der Waals surface area contributed by atoms with Crippen molar-refractivity contribution in [3.63, 3.8) is 0 Å². The van der Waals surface area contributed by atoms with E-state index in [2.05, 4.69) is 81.4 Å². The van der Waals surface area contributed by atoms with Crippen molar-refractivity contribution in [3.05, 3.63) is 53.6 Å². The van der Waals surface area contributed by atoms with Crippen LogP contribution in [0.1, 0.15) is 278 Å². The van der Waals surface area contributed by atoms with Gasteiger partial charge in [0.2, 0.25) is 0 Å². The highest BCUT2D eigenvalue weighted by Gasteiger charge is 2.60. The van der Waals surface area contributed by atoms with Crippen molar-refractivity contribution in [2.75, 3.05) is 7.11 Å². The van der Waals surface area contributed by atoms with Gasteiger partial charge in [0.25, 0.3) is 0 Å². The maximum atomic E-state index is 14.5. The van der Waals surface area contributed by atoms with Crippen LogP contribution in [0.5, 0.6) is 0 Å². The second kappa shape index (κ2) is 26.3. The smallest absolute Gasteiger partial charge is 0.181 e. The number of aliphatic hydroxyl groups excluding tert-OH is 1. The molecule has 472 valence electrons. The molecule has 5 N–H and O–H groups in total. The van der Waals surface area contributed by atoms with Crippen molar-refractivity contribution in [2.45, 2.75) is 310 Å². The molecule has 0 aliphatic heterocycles. The summed E-state index contributed by atoms with van der Waals surface area (Å²) in [5, 5.41) is 51.6. The Balaban J connectivity index is 0.000000253. The molecule has 8 saturated carbocycles. The Morgan fingerprint density at radius 3 is 1.39 bits per heavy atom. The number of benzene rings is 1. The molecular weight excluding hydrogens is 1030 g/mol. The van der Waals surface area contributed by atoms with Crippen LogP contribution in [0.3, 0.4) is 0 Å². The number of aliphatic hydroxyl groups is 5. The molecule has 0 bridgehead atoms. The van der Waals surface area contributed by atoms with Gasteiger partial charge in [0.05, 0.1) is 32.5 Å². The highest BCUT2D eigenvalue weighted by Crippen LogP contribution is 2.67. The zero-order valence-corrected chi connectivity index (χ0v) is 52.8. The topological polar surface area (TPSA) is 135 Å². The minimum Gasteiger partial charge on any atom is -0.400 e. The molecule has 0 saturated heterocycles. The molecule has 8 fully saturated rings. The van der Waals surface area contributed by atoms with E-state index >= 15 is 0 Å². The summed E-state index contributed by atoms with van der Waals surface area (Å²) in [5.74, 6) is 7.94. The van der Waals surface area contributed by atoms with Crippen LogP contribution in [0, 0.1) is 92.7 Å². The SMILES string of the molecule is C.C.C.CC[C@]1(O)CC[C@H]2C(=CC[C@@H]3[C@@H]2CC[C@]2(C)[C@@H]([C@H](C)C(CC4(O)CCC(C)(C)CC4)S(=O)(=O)c4ccccc4)CC[C@@H]32)C1.CC[C@]1(O)CC[C@H]2C(=CC[C@@H]3[C@@H]2CC[C@]2(C)[C@@H]([C@H](C)CCC4(O)CCC(C)(C)CC4)CC[C@@H]32)C1.CO. The van der Waals surface area contributed by atoms with E-state index in [9.17, 15) is 28.8 Å². The predicted octanol–water partition coefficient (Wildman–Crippen LogP) is 18.1. The average molecular weight is 1160 g/mol. The van der Waals surface area contributed by atoms with Crippen molar-refractivity contribution in [2.24, 2.45) is 92.7 Å². The van der Waals surface area contributed by atoms with Gasteiger partial charge in [-0.1, -0.05) is 133 Å². The van der Waals surface area contributed by atoms with Crippen LogP contribution in [0.4, 0.5) is 0 Å². The van der Waals surface area contributed by atoms with Gasteiger partial charge in [0.1, 0.15) is 0 Å². The van der Waals surface area contributed by atoms with Crippen LogP contribution in [-0.2, 0) is 9.84 Å². The van der Waals surface area contributed by atoms with Gasteiger partial charge in [-0.05, 0) is 291 Å². The second-order valence-electron chi connectivity index (χ2n) is 31.9. The maximum Gasteiger partial charge on any atom is 0.181 e. The van der Waals surface area contributed by atoms with E-state index < -0.39 is 37.5 Å². The van der Waals surface area contributed by atoms with Gasteiger partial charge in [-0.25, -0.2) is 8.42 Å². The van der Waals surface area contributed by atoms with E-state index in [1.165, 1.54) is 82.6 Å². The van der Waals surface area contributed by atoms with Gasteiger partial charge in [0.15, 0.2) is 9.84 Å². The molecule has 7 nitrogen and oxygen atoms in total. The summed E-state index contributed by atoms with van der Waals surface area (Å²) in [6.07, 6.45) is 35.8. The Labute approximate surface area is 504 Å². The monoisotopic (exact) mass is 1160 g/mol. The lowest BCUT2D eigenvalue weighted by molar-refractivity contribution is -0.0541. The summed E-state index contributed by atoms with van der Waals surface area (Å²) in [6.45, 7) is 23.5. The third kappa shape index (κ3) is 13.7. The highest BCUT2D eigenvalue weighted by molar-refractivity contribution is 7.92. The van der Waals surface area contributed by atoms with Crippen LogP contribution in [0.15, 0.2) is 58.5 Å². The van der Waals surface area contributed by atoms with Crippen LogP contribution in [0.2, 0.25) is 0 Å². The predicted molar refractivity (Wildman–Crippen MR) is 344 cm³/mol. The third-order valence-corrected chi connectivity index (χ3v) is 29.1. The first kappa shape index (κ1) is 69.5. The molecule has 10 aliphatic rings. The summed E-state index contributed by atoms with van der Waals surface area (Å²) in [4.78, 5) is 0.407. The standard InChI is InChI=1S/C38H58O4S.C32H54O2.CH4O.3CH4/c1-6-37(39)19-17-29-27(24-37)12-13-31-30(29)16-18-36(5)32(14-15-33(31)36)26(2)34(43(41,42)28-10-8-7-9-11-28)25-38(40)22-20-35(3,4)21-23-38;1-6-31(33)16-13-24-23(21-31)7-8-26-25(24)12-14-30(5)27(9-10-28(26)30)22(2)11-15-32(34)19-17-29(3,4)18-20-32;1-2;;;/h7-12,26,29-34,39-40H,6,13-25H2,1-5H3;7,22,24-28,33-34H,6,8-21H2,1-5H3;2H,1H3;3*1H4/t26-,29-,30+,31+,32+,33-,34?,36+,37-;22-,24+,25-,26-,27-,28+,30-,31+;;;;/m01..../s1. The number of hydrogen-bond donors (Lipinski definition) is 5. The van der Waals surface area contributed by atoms with Gasteiger partial charge in [-0.2, -0.15) is 0 Å². The summed E-state index contributed by atoms with van der Waals surface area (Å²) < 4.78 is 28.9. The number of hydrogen-bond acceptors (Lipinski definition) is 7. The first-order valence-corrected chi connectivity index (χ1v) is 34.7. The third-order valence-electron chi connectivity index (χ3n) is 26.7. The van der Waals surface area contributed by atoms with E-state index in [0.29, 0.717) is 64.6 Å². The van der Waals surface area contributed by atoms with Crippen molar-refractivity contribution < 1.29 is 34.0 Å². The molecule has 1 unspecified atom stereocenters. The summed E-state index contributed by atoms with van der Waals surface area (Å²) in [7, 11) is -2.61. The fourth-order valence-electron chi connectivity index (χ4n) is 21.1. The molecule has 0 radical (unpaired) electrons. The van der Waals surface area contributed by atoms with Crippen molar-refractivity contribution >= 4 is 9.84 Å². The zero-order valence-electron chi connectivity index (χ0n) is 52.0. The van der Waals surface area contributed by atoms with E-state index in [1.807, 2.05) is 18.2 Å². The molecule has 11 rings (SSSR count). The largest absolute Gasteiger partial charge is 0.400 e. The number of rotatable bonds is 12. The molecule has 17 atom stereocenters. The Hall–Kier alpha value is -1.55. The first-order valence-electron chi connectivity index (χ1n) is 33.2. The van der Waals surface area contributed by atoms with Gasteiger partial charge >= 0.3 is 0 Å². The van der Waals surface area contributed by atoms with Crippen LogP contribution in [-0.4, -0.2) is 68.7 Å². The molecule has 1 aromatic carbocycles. The van der Waals surface area contributed by atoms with Gasteiger partial charge in [-0.3, -0.25) is 0 Å². The Kier molecular flexibility index (Phi) is 22.3. The minimum atomic E-state index is -3.61. The fraction of sp³-hybridized carbons (Fsp3) is 0.865. The molecule has 1 aromatic rings. The zero-order chi connectivity index (χ0) is 57.2. The quantitative estimate of drug-likeness (QED) is 0.132. The average Bonchev–Trinajstić information content (AvgIpc) is 4.08. The Morgan fingerprint density at radius 1 is 0.512 bits per heavy atom. The van der Waals surface area contributed by atoms with E-state index in [0.717, 1.165) is 133 Å². The second-order valence-corrected chi connectivity index (χ2v) is 34.1. The van der Waals surface area contributed by atoms with Gasteiger partial charge < -0.3 is 25.5 Å². The fourth-order valence-corrected chi connectivity index (χ4v) is 23.3. The molecule has 0 spiro atoms. The Morgan fingerprint density at radius 2 is 0.939 bits per heavy atom. The van der Waals surface area contributed by atoms with Gasteiger partial charge in [-0.15, -0.1) is 0 Å².